The van der Waals surface area contributed by atoms with E-state index in [-0.39, 0.29) is 16.1 Å². The molecule has 0 saturated carbocycles. The number of nitrogens with one attached hydrogen (secondary N) is 1. The van der Waals surface area contributed by atoms with Crippen LogP contribution in [0.5, 0.6) is 0 Å². The highest BCUT2D eigenvalue weighted by Crippen LogP contribution is 2.24. The van der Waals surface area contributed by atoms with Crippen LogP contribution in [0.15, 0.2) is 28.9 Å². The fourth-order valence-electron chi connectivity index (χ4n) is 1.16. The number of aromatic nitrogens is 1. The van der Waals surface area contributed by atoms with Crippen LogP contribution in [0, 0.1) is 16.5 Å². The van der Waals surface area contributed by atoms with E-state index in [0.29, 0.717) is 0 Å². The van der Waals surface area contributed by atoms with Gasteiger partial charge < -0.3 is 9.40 Å². The van der Waals surface area contributed by atoms with Crippen molar-refractivity contribution in [2.75, 3.05) is 0 Å². The predicted molar refractivity (Wildman–Crippen MR) is 49.2 cm³/mol. The van der Waals surface area contributed by atoms with Crippen molar-refractivity contribution in [1.82, 2.24) is 4.98 Å². The van der Waals surface area contributed by atoms with Gasteiger partial charge in [-0.3, -0.25) is 0 Å². The van der Waals surface area contributed by atoms with Gasteiger partial charge in [0.05, 0.1) is 11.3 Å². The Labute approximate surface area is 83.2 Å². The molecule has 0 aliphatic carbocycles. The maximum absolute atomic E-state index is 13.2. The van der Waals surface area contributed by atoms with Crippen LogP contribution < -0.4 is 0 Å². The molecule has 1 aromatic heterocycles. The number of aromatic amines is 1. The zero-order chi connectivity index (χ0) is 10.1. The quantitative estimate of drug-likeness (QED) is 0.736. The summed E-state index contributed by atoms with van der Waals surface area (Å²) in [5, 5.41) is 0. The molecule has 0 amide bonds. The predicted octanol–water partition coefficient (Wildman–Crippen LogP) is 3.28. The van der Waals surface area contributed by atoms with Gasteiger partial charge in [-0.1, -0.05) is 6.07 Å². The van der Waals surface area contributed by atoms with Crippen LogP contribution in [0.2, 0.25) is 0 Å². The van der Waals surface area contributed by atoms with Crippen molar-refractivity contribution in [3.63, 3.8) is 0 Å². The van der Waals surface area contributed by atoms with E-state index in [1.807, 2.05) is 0 Å². The Hall–Kier alpha value is -1.49. The molecule has 1 N–H and O–H groups in total. The third-order valence-corrected chi connectivity index (χ3v) is 1.95. The lowest BCUT2D eigenvalue weighted by atomic mass is 10.1. The first kappa shape index (κ1) is 9.08. The second kappa shape index (κ2) is 3.34. The van der Waals surface area contributed by atoms with Gasteiger partial charge in [0.1, 0.15) is 17.9 Å². The monoisotopic (exact) mass is 213 g/mol. The Morgan fingerprint density at radius 1 is 1.21 bits per heavy atom. The SMILES string of the molecule is Fc1cccc(F)c1-c1coc(=S)[nH]1. The molecular weight excluding hydrogens is 208 g/mol. The van der Waals surface area contributed by atoms with Crippen molar-refractivity contribution in [3.8, 4) is 11.3 Å². The second-order valence-electron chi connectivity index (χ2n) is 2.66. The van der Waals surface area contributed by atoms with Gasteiger partial charge in [-0.05, 0) is 24.4 Å². The lowest BCUT2D eigenvalue weighted by molar-refractivity contribution is 0.540. The molecule has 0 aliphatic rings. The summed E-state index contributed by atoms with van der Waals surface area (Å²) in [6.45, 7) is 0. The van der Waals surface area contributed by atoms with Crippen LogP contribution in [0.4, 0.5) is 8.78 Å². The molecule has 1 aromatic carbocycles. The lowest BCUT2D eigenvalue weighted by Gasteiger charge is -1.99. The summed E-state index contributed by atoms with van der Waals surface area (Å²) < 4.78 is 31.2. The Morgan fingerprint density at radius 2 is 1.86 bits per heavy atom. The van der Waals surface area contributed by atoms with E-state index in [2.05, 4.69) is 17.2 Å². The van der Waals surface area contributed by atoms with E-state index in [9.17, 15) is 8.78 Å². The summed E-state index contributed by atoms with van der Waals surface area (Å²) in [6, 6.07) is 3.63. The minimum atomic E-state index is -0.656. The van der Waals surface area contributed by atoms with Crippen LogP contribution >= 0.6 is 12.2 Å². The minimum absolute atomic E-state index is 0.0858. The number of hydrogen-bond donors (Lipinski definition) is 1. The summed E-state index contributed by atoms with van der Waals surface area (Å²) in [7, 11) is 0. The molecule has 0 aliphatic heterocycles. The molecule has 0 spiro atoms. The first-order valence-corrected chi connectivity index (χ1v) is 4.21. The highest BCUT2D eigenvalue weighted by atomic mass is 32.1. The van der Waals surface area contributed by atoms with E-state index in [1.165, 1.54) is 24.5 Å². The van der Waals surface area contributed by atoms with E-state index < -0.39 is 11.6 Å². The molecule has 2 nitrogen and oxygen atoms in total. The van der Waals surface area contributed by atoms with E-state index in [0.717, 1.165) is 0 Å². The zero-order valence-corrected chi connectivity index (χ0v) is 7.70. The average Bonchev–Trinajstić information content (AvgIpc) is 2.51. The number of halogens is 2. The number of hydrogen-bond acceptors (Lipinski definition) is 2. The third-order valence-electron chi connectivity index (χ3n) is 1.75. The average molecular weight is 213 g/mol. The Morgan fingerprint density at radius 3 is 2.36 bits per heavy atom. The molecule has 0 bridgehead atoms. The first-order valence-electron chi connectivity index (χ1n) is 3.80. The minimum Gasteiger partial charge on any atom is -0.437 e. The largest absolute Gasteiger partial charge is 0.437 e. The smallest absolute Gasteiger partial charge is 0.266 e. The van der Waals surface area contributed by atoms with Crippen molar-refractivity contribution in [1.29, 1.82) is 0 Å². The summed E-state index contributed by atoms with van der Waals surface area (Å²) in [5.74, 6) is -1.31. The molecule has 72 valence electrons. The van der Waals surface area contributed by atoms with Crippen molar-refractivity contribution < 1.29 is 13.2 Å². The molecule has 14 heavy (non-hydrogen) atoms. The Kier molecular flexibility index (Phi) is 2.17. The molecule has 0 unspecified atom stereocenters. The number of rotatable bonds is 1. The summed E-state index contributed by atoms with van der Waals surface area (Å²) in [5.41, 5.74) is 0.0398. The standard InChI is InChI=1S/C9H5F2NOS/c10-5-2-1-3-6(11)8(5)7-4-13-9(14)12-7/h1-4H,(H,12,14). The zero-order valence-electron chi connectivity index (χ0n) is 6.88. The topological polar surface area (TPSA) is 28.9 Å². The van der Waals surface area contributed by atoms with Crippen molar-refractivity contribution >= 4 is 12.2 Å². The van der Waals surface area contributed by atoms with E-state index in [1.54, 1.807) is 0 Å². The second-order valence-corrected chi connectivity index (χ2v) is 3.03. The number of oxazole rings is 1. The number of H-pyrrole nitrogens is 1. The van der Waals surface area contributed by atoms with Crippen molar-refractivity contribution in [2.24, 2.45) is 0 Å². The van der Waals surface area contributed by atoms with Crippen molar-refractivity contribution in [3.05, 3.63) is 40.9 Å². The maximum Gasteiger partial charge on any atom is 0.266 e. The molecule has 2 aromatic rings. The highest BCUT2D eigenvalue weighted by molar-refractivity contribution is 7.71. The van der Waals surface area contributed by atoms with Crippen LogP contribution in [0.25, 0.3) is 11.3 Å². The van der Waals surface area contributed by atoms with Crippen LogP contribution in [-0.2, 0) is 0 Å². The van der Waals surface area contributed by atoms with Crippen molar-refractivity contribution in [2.45, 2.75) is 0 Å². The molecule has 0 radical (unpaired) electrons. The number of benzene rings is 1. The van der Waals surface area contributed by atoms with Gasteiger partial charge in [-0.15, -0.1) is 0 Å². The van der Waals surface area contributed by atoms with Gasteiger partial charge in [0, 0.05) is 0 Å². The van der Waals surface area contributed by atoms with Gasteiger partial charge in [-0.2, -0.15) is 0 Å². The van der Waals surface area contributed by atoms with Gasteiger partial charge in [-0.25, -0.2) is 8.78 Å². The van der Waals surface area contributed by atoms with Gasteiger partial charge in [0.25, 0.3) is 4.84 Å². The molecular formula is C9H5F2NOS. The van der Waals surface area contributed by atoms with Crippen LogP contribution in [0.1, 0.15) is 0 Å². The summed E-state index contributed by atoms with van der Waals surface area (Å²) in [6.07, 6.45) is 1.18. The molecule has 0 saturated heterocycles. The first-order chi connectivity index (χ1) is 6.68. The Balaban J connectivity index is 2.67. The molecule has 2 rings (SSSR count). The molecule has 1 heterocycles. The van der Waals surface area contributed by atoms with E-state index in [4.69, 9.17) is 4.42 Å². The van der Waals surface area contributed by atoms with Gasteiger partial charge >= 0.3 is 0 Å². The lowest BCUT2D eigenvalue weighted by Crippen LogP contribution is -1.89. The molecule has 5 heteroatoms. The summed E-state index contributed by atoms with van der Waals surface area (Å²) in [4.78, 5) is 2.63. The molecule has 0 fully saturated rings. The van der Waals surface area contributed by atoms with Crippen LogP contribution in [0.3, 0.4) is 0 Å². The van der Waals surface area contributed by atoms with E-state index >= 15 is 0 Å². The van der Waals surface area contributed by atoms with Crippen LogP contribution in [-0.4, -0.2) is 4.98 Å². The maximum atomic E-state index is 13.2. The Bertz CT molecular complexity index is 497. The highest BCUT2D eigenvalue weighted by Gasteiger charge is 2.12. The normalized spacial score (nSPS) is 10.4. The fraction of sp³-hybridized carbons (Fsp3) is 0. The third kappa shape index (κ3) is 1.46. The summed E-state index contributed by atoms with van der Waals surface area (Å²) >= 11 is 4.65. The molecule has 0 atom stereocenters. The fourth-order valence-corrected chi connectivity index (χ4v) is 1.32. The van der Waals surface area contributed by atoms with Gasteiger partial charge in [0.15, 0.2) is 0 Å². The van der Waals surface area contributed by atoms with Gasteiger partial charge in [0.2, 0.25) is 0 Å².